The molecule has 0 unspecified atom stereocenters. The molecule has 0 saturated heterocycles. The highest BCUT2D eigenvalue weighted by molar-refractivity contribution is 5.94. The molecule has 128 valence electrons. The average molecular weight is 344 g/mol. The van der Waals surface area contributed by atoms with E-state index in [1.165, 1.54) is 7.11 Å². The van der Waals surface area contributed by atoms with Gasteiger partial charge in [0.15, 0.2) is 0 Å². The van der Waals surface area contributed by atoms with Gasteiger partial charge in [-0.15, -0.1) is 0 Å². The van der Waals surface area contributed by atoms with Gasteiger partial charge in [-0.05, 0) is 54.6 Å². The zero-order chi connectivity index (χ0) is 17.9. The molecule has 0 radical (unpaired) electrons. The Morgan fingerprint density at radius 2 is 1.65 bits per heavy atom. The van der Waals surface area contributed by atoms with Crippen LogP contribution in [0.25, 0.3) is 22.4 Å². The Bertz CT molecular complexity index is 1050. The zero-order valence-electron chi connectivity index (χ0n) is 14.1. The maximum atomic E-state index is 11.7. The first-order valence-electron chi connectivity index (χ1n) is 8.14. The van der Waals surface area contributed by atoms with Gasteiger partial charge in [0.25, 0.3) is 0 Å². The number of H-pyrrole nitrogens is 1. The van der Waals surface area contributed by atoms with Crippen LogP contribution in [0, 0.1) is 0 Å². The Hall–Kier alpha value is -3.60. The fourth-order valence-electron chi connectivity index (χ4n) is 2.70. The number of imidazole rings is 1. The van der Waals surface area contributed by atoms with Crippen LogP contribution in [-0.4, -0.2) is 23.0 Å². The van der Waals surface area contributed by atoms with Crippen LogP contribution in [0.3, 0.4) is 0 Å². The summed E-state index contributed by atoms with van der Waals surface area (Å²) >= 11 is 0. The standard InChI is InChI=1S/C21H16N2O3/c1-25-21(24)15-9-12-18-19(13-15)23-20(22-18)14-7-10-17(11-8-14)26-16-5-3-2-4-6-16/h2-13H,1H3,(H,22,23). The van der Waals surface area contributed by atoms with Crippen LogP contribution in [-0.2, 0) is 4.74 Å². The van der Waals surface area contributed by atoms with Crippen molar-refractivity contribution in [3.63, 3.8) is 0 Å². The summed E-state index contributed by atoms with van der Waals surface area (Å²) in [4.78, 5) is 19.5. The predicted molar refractivity (Wildman–Crippen MR) is 99.4 cm³/mol. The summed E-state index contributed by atoms with van der Waals surface area (Å²) in [5.41, 5.74) is 2.99. The van der Waals surface area contributed by atoms with E-state index in [1.54, 1.807) is 18.2 Å². The van der Waals surface area contributed by atoms with E-state index in [4.69, 9.17) is 9.47 Å². The number of esters is 1. The summed E-state index contributed by atoms with van der Waals surface area (Å²) in [6.45, 7) is 0. The number of fused-ring (bicyclic) bond motifs is 1. The third-order valence-electron chi connectivity index (χ3n) is 4.01. The smallest absolute Gasteiger partial charge is 0.337 e. The molecule has 4 rings (SSSR count). The van der Waals surface area contributed by atoms with Gasteiger partial charge in [-0.25, -0.2) is 9.78 Å². The van der Waals surface area contributed by atoms with E-state index in [0.29, 0.717) is 5.56 Å². The van der Waals surface area contributed by atoms with Gasteiger partial charge in [-0.3, -0.25) is 0 Å². The molecule has 1 heterocycles. The second-order valence-electron chi connectivity index (χ2n) is 5.75. The SMILES string of the molecule is COC(=O)c1ccc2nc(-c3ccc(Oc4ccccc4)cc3)[nH]c2c1. The summed E-state index contributed by atoms with van der Waals surface area (Å²) in [6, 6.07) is 22.6. The number of hydrogen-bond donors (Lipinski definition) is 1. The number of aromatic nitrogens is 2. The molecular formula is C21H16N2O3. The molecule has 1 N–H and O–H groups in total. The Kier molecular flexibility index (Phi) is 4.11. The second-order valence-corrected chi connectivity index (χ2v) is 5.75. The number of aromatic amines is 1. The van der Waals surface area contributed by atoms with Crippen LogP contribution in [0.1, 0.15) is 10.4 Å². The van der Waals surface area contributed by atoms with Gasteiger partial charge in [-0.1, -0.05) is 18.2 Å². The number of nitrogens with one attached hydrogen (secondary N) is 1. The Balaban J connectivity index is 1.60. The highest BCUT2D eigenvalue weighted by atomic mass is 16.5. The minimum Gasteiger partial charge on any atom is -0.465 e. The fourth-order valence-corrected chi connectivity index (χ4v) is 2.70. The molecule has 5 nitrogen and oxygen atoms in total. The predicted octanol–water partition coefficient (Wildman–Crippen LogP) is 4.81. The van der Waals surface area contributed by atoms with Gasteiger partial charge in [0.1, 0.15) is 17.3 Å². The van der Waals surface area contributed by atoms with Gasteiger partial charge in [-0.2, -0.15) is 0 Å². The third-order valence-corrected chi connectivity index (χ3v) is 4.01. The summed E-state index contributed by atoms with van der Waals surface area (Å²) in [5.74, 6) is 1.90. The van der Waals surface area contributed by atoms with Crippen molar-refractivity contribution in [3.8, 4) is 22.9 Å². The largest absolute Gasteiger partial charge is 0.465 e. The summed E-state index contributed by atoms with van der Waals surface area (Å²) in [6.07, 6.45) is 0. The maximum absolute atomic E-state index is 11.7. The minimum atomic E-state index is -0.370. The maximum Gasteiger partial charge on any atom is 0.337 e. The van der Waals surface area contributed by atoms with Crippen molar-refractivity contribution in [2.75, 3.05) is 7.11 Å². The molecule has 4 aromatic rings. The van der Waals surface area contributed by atoms with Crippen LogP contribution in [0.5, 0.6) is 11.5 Å². The lowest BCUT2D eigenvalue weighted by Crippen LogP contribution is -2.00. The molecule has 26 heavy (non-hydrogen) atoms. The van der Waals surface area contributed by atoms with Crippen molar-refractivity contribution in [2.24, 2.45) is 0 Å². The Labute approximate surface area is 150 Å². The summed E-state index contributed by atoms with van der Waals surface area (Å²) in [7, 11) is 1.37. The molecule has 1 aromatic heterocycles. The van der Waals surface area contributed by atoms with E-state index in [2.05, 4.69) is 9.97 Å². The molecule has 0 aliphatic heterocycles. The first-order valence-corrected chi connectivity index (χ1v) is 8.14. The first-order chi connectivity index (χ1) is 12.7. The van der Waals surface area contributed by atoms with Crippen molar-refractivity contribution in [1.29, 1.82) is 0 Å². The zero-order valence-corrected chi connectivity index (χ0v) is 14.1. The molecule has 0 aliphatic rings. The monoisotopic (exact) mass is 344 g/mol. The number of methoxy groups -OCH3 is 1. The molecule has 0 amide bonds. The van der Waals surface area contributed by atoms with E-state index in [0.717, 1.165) is 33.9 Å². The molecule has 5 heteroatoms. The van der Waals surface area contributed by atoms with E-state index in [-0.39, 0.29) is 5.97 Å². The molecule has 0 aliphatic carbocycles. The summed E-state index contributed by atoms with van der Waals surface area (Å²) in [5, 5.41) is 0. The summed E-state index contributed by atoms with van der Waals surface area (Å²) < 4.78 is 10.6. The van der Waals surface area contributed by atoms with Crippen molar-refractivity contribution in [2.45, 2.75) is 0 Å². The van der Waals surface area contributed by atoms with Gasteiger partial charge < -0.3 is 14.5 Å². The molecule has 0 spiro atoms. The van der Waals surface area contributed by atoms with Crippen LogP contribution in [0.4, 0.5) is 0 Å². The van der Waals surface area contributed by atoms with Crippen molar-refractivity contribution in [1.82, 2.24) is 9.97 Å². The number of ether oxygens (including phenoxy) is 2. The lowest BCUT2D eigenvalue weighted by molar-refractivity contribution is 0.0601. The normalized spacial score (nSPS) is 10.7. The van der Waals surface area contributed by atoms with E-state index < -0.39 is 0 Å². The number of nitrogens with zero attached hydrogens (tertiary/aromatic N) is 1. The quantitative estimate of drug-likeness (QED) is 0.540. The van der Waals surface area contributed by atoms with E-state index in [1.807, 2.05) is 54.6 Å². The van der Waals surface area contributed by atoms with Crippen LogP contribution >= 0.6 is 0 Å². The highest BCUT2D eigenvalue weighted by Crippen LogP contribution is 2.26. The number of carbonyl (C=O) groups is 1. The van der Waals surface area contributed by atoms with Crippen molar-refractivity contribution >= 4 is 17.0 Å². The lowest BCUT2D eigenvalue weighted by atomic mass is 10.2. The molecular weight excluding hydrogens is 328 g/mol. The Morgan fingerprint density at radius 3 is 2.38 bits per heavy atom. The molecule has 0 bridgehead atoms. The fraction of sp³-hybridized carbons (Fsp3) is 0.0476. The number of benzene rings is 3. The number of para-hydroxylation sites is 1. The van der Waals surface area contributed by atoms with Crippen molar-refractivity contribution in [3.05, 3.63) is 78.4 Å². The minimum absolute atomic E-state index is 0.370. The van der Waals surface area contributed by atoms with Gasteiger partial charge in [0.05, 0.1) is 23.7 Å². The number of rotatable bonds is 4. The average Bonchev–Trinajstić information content (AvgIpc) is 3.12. The second kappa shape index (κ2) is 6.72. The molecule has 0 fully saturated rings. The first kappa shape index (κ1) is 15.9. The Morgan fingerprint density at radius 1 is 0.923 bits per heavy atom. The van der Waals surface area contributed by atoms with Gasteiger partial charge >= 0.3 is 5.97 Å². The van der Waals surface area contributed by atoms with E-state index >= 15 is 0 Å². The van der Waals surface area contributed by atoms with Crippen LogP contribution < -0.4 is 4.74 Å². The third kappa shape index (κ3) is 3.15. The van der Waals surface area contributed by atoms with Crippen molar-refractivity contribution < 1.29 is 14.3 Å². The van der Waals surface area contributed by atoms with Crippen LogP contribution in [0.2, 0.25) is 0 Å². The lowest BCUT2D eigenvalue weighted by Gasteiger charge is -2.05. The molecule has 3 aromatic carbocycles. The van der Waals surface area contributed by atoms with E-state index in [9.17, 15) is 4.79 Å². The number of hydrogen-bond acceptors (Lipinski definition) is 4. The molecule has 0 saturated carbocycles. The molecule has 0 atom stereocenters. The number of carbonyl (C=O) groups excluding carboxylic acids is 1. The van der Waals surface area contributed by atoms with Gasteiger partial charge in [0.2, 0.25) is 0 Å². The van der Waals surface area contributed by atoms with Crippen LogP contribution in [0.15, 0.2) is 72.8 Å². The van der Waals surface area contributed by atoms with Gasteiger partial charge in [0, 0.05) is 5.56 Å². The highest BCUT2D eigenvalue weighted by Gasteiger charge is 2.10. The topological polar surface area (TPSA) is 64.2 Å².